The summed E-state index contributed by atoms with van der Waals surface area (Å²) < 4.78 is 4.94. The van der Waals surface area contributed by atoms with Gasteiger partial charge in [-0.2, -0.15) is 0 Å². The van der Waals surface area contributed by atoms with Gasteiger partial charge >= 0.3 is 0 Å². The number of thioether (sulfide) groups is 1. The highest BCUT2D eigenvalue weighted by Crippen LogP contribution is 2.17. The second-order valence-electron chi connectivity index (χ2n) is 2.06. The van der Waals surface area contributed by atoms with Crippen LogP contribution < -0.4 is 5.73 Å². The van der Waals surface area contributed by atoms with E-state index in [-0.39, 0.29) is 5.84 Å². The molecule has 0 aromatic rings. The zero-order chi connectivity index (χ0) is 7.40. The van der Waals surface area contributed by atoms with Gasteiger partial charge in [0.15, 0.2) is 0 Å². The van der Waals surface area contributed by atoms with Crippen molar-refractivity contribution in [2.75, 3.05) is 19.0 Å². The highest BCUT2D eigenvalue weighted by Gasteiger charge is 2.18. The van der Waals surface area contributed by atoms with Crippen LogP contribution in [-0.2, 0) is 4.74 Å². The Kier molecular flexibility index (Phi) is 2.82. The van der Waals surface area contributed by atoms with Gasteiger partial charge in [0, 0.05) is 0 Å². The Hall–Kier alpha value is -0.420. The Morgan fingerprint density at radius 3 is 2.90 bits per heavy atom. The van der Waals surface area contributed by atoms with Crippen LogP contribution in [0.15, 0.2) is 5.16 Å². The fraction of sp³-hybridized carbons (Fsp3) is 0.800. The molecule has 0 aliphatic carbocycles. The van der Waals surface area contributed by atoms with Crippen LogP contribution in [0.3, 0.4) is 0 Å². The first-order valence-electron chi connectivity index (χ1n) is 2.98. The van der Waals surface area contributed by atoms with Crippen LogP contribution >= 0.6 is 11.8 Å². The normalized spacial score (nSPS) is 20.6. The minimum Gasteiger partial charge on any atom is -0.409 e. The Morgan fingerprint density at radius 1 is 1.80 bits per heavy atom. The number of rotatable bonds is 3. The molecule has 3 N–H and O–H groups in total. The standard InChI is InChI=1S/C5H10N2O2S/c6-5(7-8)3-10-4-1-9-2-4/h4,8H,1-3H2,(H2,6,7). The minimum absolute atomic E-state index is 0.275. The topological polar surface area (TPSA) is 67.8 Å². The van der Waals surface area contributed by atoms with Crippen LogP contribution in [0.5, 0.6) is 0 Å². The van der Waals surface area contributed by atoms with Crippen molar-refractivity contribution in [3.05, 3.63) is 0 Å². The molecule has 0 radical (unpaired) electrons. The fourth-order valence-corrected chi connectivity index (χ4v) is 1.39. The molecule has 5 heteroatoms. The van der Waals surface area contributed by atoms with E-state index in [1.807, 2.05) is 0 Å². The van der Waals surface area contributed by atoms with Gasteiger partial charge in [-0.05, 0) is 0 Å². The average molecular weight is 162 g/mol. The molecule has 58 valence electrons. The Morgan fingerprint density at radius 2 is 2.50 bits per heavy atom. The molecule has 0 atom stereocenters. The molecule has 1 fully saturated rings. The molecule has 10 heavy (non-hydrogen) atoms. The second kappa shape index (κ2) is 3.68. The highest BCUT2D eigenvalue weighted by atomic mass is 32.2. The third kappa shape index (κ3) is 2.07. The van der Waals surface area contributed by atoms with Crippen molar-refractivity contribution >= 4 is 17.6 Å². The molecule has 1 saturated heterocycles. The summed E-state index contributed by atoms with van der Waals surface area (Å²) in [5.41, 5.74) is 5.24. The van der Waals surface area contributed by atoms with Gasteiger partial charge in [0.2, 0.25) is 0 Å². The molecule has 0 unspecified atom stereocenters. The summed E-state index contributed by atoms with van der Waals surface area (Å²) in [5.74, 6) is 0.863. The fourth-order valence-electron chi connectivity index (χ4n) is 0.542. The van der Waals surface area contributed by atoms with E-state index in [9.17, 15) is 0 Å². The van der Waals surface area contributed by atoms with Crippen molar-refractivity contribution in [1.29, 1.82) is 0 Å². The summed E-state index contributed by atoms with van der Waals surface area (Å²) in [5, 5.41) is 11.6. The monoisotopic (exact) mass is 162 g/mol. The lowest BCUT2D eigenvalue weighted by Gasteiger charge is -2.24. The van der Waals surface area contributed by atoms with E-state index in [1.165, 1.54) is 0 Å². The number of nitrogens with two attached hydrogens (primary N) is 1. The molecular formula is C5H10N2O2S. The van der Waals surface area contributed by atoms with Crippen molar-refractivity contribution in [3.8, 4) is 0 Å². The zero-order valence-electron chi connectivity index (χ0n) is 5.49. The van der Waals surface area contributed by atoms with E-state index >= 15 is 0 Å². The van der Waals surface area contributed by atoms with Crippen LogP contribution in [0, 0.1) is 0 Å². The molecule has 0 saturated carbocycles. The van der Waals surface area contributed by atoms with Gasteiger partial charge in [0.1, 0.15) is 5.84 Å². The number of nitrogens with zero attached hydrogens (tertiary/aromatic N) is 1. The summed E-state index contributed by atoms with van der Waals surface area (Å²) in [4.78, 5) is 0. The van der Waals surface area contributed by atoms with Gasteiger partial charge in [0.05, 0.1) is 24.2 Å². The van der Waals surface area contributed by atoms with Gasteiger partial charge in [0.25, 0.3) is 0 Å². The minimum atomic E-state index is 0.275. The number of oxime groups is 1. The quantitative estimate of drug-likeness (QED) is 0.262. The van der Waals surface area contributed by atoms with Gasteiger partial charge in [-0.25, -0.2) is 0 Å². The summed E-state index contributed by atoms with van der Waals surface area (Å²) in [6, 6.07) is 0. The molecule has 0 bridgehead atoms. The number of ether oxygens (including phenoxy) is 1. The van der Waals surface area contributed by atoms with Crippen molar-refractivity contribution in [2.45, 2.75) is 5.25 Å². The molecule has 0 spiro atoms. The Balaban J connectivity index is 2.04. The third-order valence-corrected chi connectivity index (χ3v) is 2.41. The van der Waals surface area contributed by atoms with Crippen LogP contribution in [-0.4, -0.2) is 35.3 Å². The van der Waals surface area contributed by atoms with E-state index in [0.29, 0.717) is 11.0 Å². The maximum Gasteiger partial charge on any atom is 0.149 e. The lowest BCUT2D eigenvalue weighted by molar-refractivity contribution is 0.0456. The summed E-state index contributed by atoms with van der Waals surface area (Å²) in [6.07, 6.45) is 0. The SMILES string of the molecule is N/C(CSC1COC1)=N\O. The van der Waals surface area contributed by atoms with Gasteiger partial charge < -0.3 is 15.7 Å². The van der Waals surface area contributed by atoms with Crippen molar-refractivity contribution < 1.29 is 9.94 Å². The highest BCUT2D eigenvalue weighted by molar-refractivity contribution is 8.00. The molecule has 0 aromatic heterocycles. The lowest BCUT2D eigenvalue weighted by Crippen LogP contribution is -2.32. The molecule has 1 aliphatic rings. The van der Waals surface area contributed by atoms with Crippen LogP contribution in [0.4, 0.5) is 0 Å². The van der Waals surface area contributed by atoms with Crippen molar-refractivity contribution in [2.24, 2.45) is 10.9 Å². The van der Waals surface area contributed by atoms with E-state index < -0.39 is 0 Å². The number of hydrogen-bond acceptors (Lipinski definition) is 4. The van der Waals surface area contributed by atoms with Gasteiger partial charge in [-0.15, -0.1) is 11.8 Å². The molecule has 0 aromatic carbocycles. The predicted octanol–water partition coefficient (Wildman–Crippen LogP) is -0.135. The van der Waals surface area contributed by atoms with Crippen LogP contribution in [0.25, 0.3) is 0 Å². The van der Waals surface area contributed by atoms with E-state index in [0.717, 1.165) is 13.2 Å². The molecular weight excluding hydrogens is 152 g/mol. The van der Waals surface area contributed by atoms with E-state index in [1.54, 1.807) is 11.8 Å². The van der Waals surface area contributed by atoms with E-state index in [4.69, 9.17) is 15.7 Å². The predicted molar refractivity (Wildman–Crippen MR) is 40.5 cm³/mol. The third-order valence-electron chi connectivity index (χ3n) is 1.20. The summed E-state index contributed by atoms with van der Waals surface area (Å²) in [6.45, 7) is 1.59. The Labute approximate surface area is 63.4 Å². The average Bonchev–Trinajstić information content (AvgIpc) is 1.84. The van der Waals surface area contributed by atoms with Crippen molar-refractivity contribution in [1.82, 2.24) is 0 Å². The summed E-state index contributed by atoms with van der Waals surface area (Å²) in [7, 11) is 0. The number of amidine groups is 1. The second-order valence-corrected chi connectivity index (χ2v) is 3.35. The molecule has 0 amide bonds. The zero-order valence-corrected chi connectivity index (χ0v) is 6.30. The van der Waals surface area contributed by atoms with Crippen molar-refractivity contribution in [3.63, 3.8) is 0 Å². The summed E-state index contributed by atoms with van der Waals surface area (Å²) >= 11 is 1.66. The first-order chi connectivity index (χ1) is 4.83. The van der Waals surface area contributed by atoms with Gasteiger partial charge in [-0.1, -0.05) is 5.16 Å². The lowest BCUT2D eigenvalue weighted by atomic mass is 10.4. The first-order valence-corrected chi connectivity index (χ1v) is 4.03. The van der Waals surface area contributed by atoms with E-state index in [2.05, 4.69) is 5.16 Å². The molecule has 1 rings (SSSR count). The molecule has 1 aliphatic heterocycles. The maximum atomic E-state index is 8.16. The largest absolute Gasteiger partial charge is 0.409 e. The first kappa shape index (κ1) is 7.68. The Bertz CT molecular complexity index is 136. The maximum absolute atomic E-state index is 8.16. The van der Waals surface area contributed by atoms with Gasteiger partial charge in [-0.3, -0.25) is 0 Å². The number of hydrogen-bond donors (Lipinski definition) is 2. The molecule has 4 nitrogen and oxygen atoms in total. The van der Waals surface area contributed by atoms with Crippen LogP contribution in [0.1, 0.15) is 0 Å². The van der Waals surface area contributed by atoms with Crippen LogP contribution in [0.2, 0.25) is 0 Å². The molecule has 1 heterocycles. The smallest absolute Gasteiger partial charge is 0.149 e.